The summed E-state index contributed by atoms with van der Waals surface area (Å²) in [5.74, 6) is 1.13. The number of fused-ring (bicyclic) bond motifs is 1. The Morgan fingerprint density at radius 1 is 1.08 bits per heavy atom. The largest absolute Gasteiger partial charge is 0.493 e. The lowest BCUT2D eigenvalue weighted by atomic mass is 10.0. The molecule has 1 heterocycles. The van der Waals surface area contributed by atoms with E-state index in [1.165, 1.54) is 29.6 Å². The molecule has 2 aromatic rings. The van der Waals surface area contributed by atoms with E-state index in [4.69, 9.17) is 9.47 Å². The maximum Gasteiger partial charge on any atom is 0.270 e. The van der Waals surface area contributed by atoms with Gasteiger partial charge in [-0.25, -0.2) is 8.42 Å². The maximum atomic E-state index is 12.9. The Hall–Kier alpha value is -2.65. The third kappa shape index (κ3) is 3.23. The second-order valence-corrected chi connectivity index (χ2v) is 7.76. The number of benzene rings is 2. The smallest absolute Gasteiger partial charge is 0.270 e. The van der Waals surface area contributed by atoms with Crippen molar-refractivity contribution in [2.75, 3.05) is 20.8 Å². The Labute approximate surface area is 151 Å². The number of rotatable bonds is 5. The van der Waals surface area contributed by atoms with E-state index in [1.54, 1.807) is 13.2 Å². The van der Waals surface area contributed by atoms with Crippen molar-refractivity contribution < 1.29 is 22.8 Å². The molecule has 0 bridgehead atoms. The SMILES string of the molecule is COc1cc2c(cc1OC)CN(S(=O)(=O)c1cccc([N+](=O)[O-])c1)CC2. The molecule has 0 saturated heterocycles. The lowest BCUT2D eigenvalue weighted by molar-refractivity contribution is -0.385. The lowest BCUT2D eigenvalue weighted by Gasteiger charge is -2.28. The molecule has 2 aromatic carbocycles. The molecule has 1 aliphatic heterocycles. The van der Waals surface area contributed by atoms with Gasteiger partial charge in [0, 0.05) is 25.2 Å². The van der Waals surface area contributed by atoms with Crippen LogP contribution in [0.25, 0.3) is 0 Å². The molecule has 0 unspecified atom stereocenters. The van der Waals surface area contributed by atoms with Crippen LogP contribution in [0.2, 0.25) is 0 Å². The first-order chi connectivity index (χ1) is 12.4. The van der Waals surface area contributed by atoms with E-state index < -0.39 is 14.9 Å². The summed E-state index contributed by atoms with van der Waals surface area (Å²) < 4.78 is 37.7. The summed E-state index contributed by atoms with van der Waals surface area (Å²) in [5.41, 5.74) is 1.56. The van der Waals surface area contributed by atoms with E-state index in [-0.39, 0.29) is 23.7 Å². The quantitative estimate of drug-likeness (QED) is 0.585. The molecule has 26 heavy (non-hydrogen) atoms. The standard InChI is InChI=1S/C17H18N2O6S/c1-24-16-8-12-6-7-18(11-13(12)9-17(16)25-2)26(22,23)15-5-3-4-14(10-15)19(20)21/h3-5,8-10H,6-7,11H2,1-2H3. The topological polar surface area (TPSA) is 99.0 Å². The third-order valence-corrected chi connectivity index (χ3v) is 6.19. The van der Waals surface area contributed by atoms with Crippen LogP contribution in [0, 0.1) is 10.1 Å². The summed E-state index contributed by atoms with van der Waals surface area (Å²) in [6, 6.07) is 8.71. The predicted molar refractivity (Wildman–Crippen MR) is 93.9 cm³/mol. The molecule has 0 aliphatic carbocycles. The van der Waals surface area contributed by atoms with Crippen molar-refractivity contribution in [3.05, 3.63) is 57.6 Å². The number of nitro groups is 1. The van der Waals surface area contributed by atoms with Gasteiger partial charge in [-0.3, -0.25) is 10.1 Å². The first-order valence-electron chi connectivity index (χ1n) is 7.85. The minimum atomic E-state index is -3.84. The van der Waals surface area contributed by atoms with Crippen LogP contribution in [0.5, 0.6) is 11.5 Å². The van der Waals surface area contributed by atoms with Crippen molar-refractivity contribution in [1.82, 2.24) is 4.31 Å². The van der Waals surface area contributed by atoms with Crippen molar-refractivity contribution in [2.45, 2.75) is 17.9 Å². The van der Waals surface area contributed by atoms with Crippen molar-refractivity contribution in [2.24, 2.45) is 0 Å². The molecular weight excluding hydrogens is 360 g/mol. The number of ether oxygens (including phenoxy) is 2. The number of nitro benzene ring substituents is 1. The Kier molecular flexibility index (Phi) is 4.84. The summed E-state index contributed by atoms with van der Waals surface area (Å²) in [5, 5.41) is 10.9. The molecule has 138 valence electrons. The molecule has 3 rings (SSSR count). The van der Waals surface area contributed by atoms with Crippen molar-refractivity contribution >= 4 is 15.7 Å². The van der Waals surface area contributed by atoms with Crippen LogP contribution in [0.1, 0.15) is 11.1 Å². The summed E-state index contributed by atoms with van der Waals surface area (Å²) >= 11 is 0. The first kappa shape index (κ1) is 18.2. The van der Waals surface area contributed by atoms with Gasteiger partial charge in [0.15, 0.2) is 11.5 Å². The fourth-order valence-corrected chi connectivity index (χ4v) is 4.43. The fourth-order valence-electron chi connectivity index (χ4n) is 2.97. The number of sulfonamides is 1. The van der Waals surface area contributed by atoms with Crippen LogP contribution in [-0.2, 0) is 23.0 Å². The van der Waals surface area contributed by atoms with Gasteiger partial charge < -0.3 is 9.47 Å². The fraction of sp³-hybridized carbons (Fsp3) is 0.294. The molecule has 0 radical (unpaired) electrons. The van der Waals surface area contributed by atoms with Gasteiger partial charge in [0.2, 0.25) is 10.0 Å². The van der Waals surface area contributed by atoms with Crippen molar-refractivity contribution in [3.63, 3.8) is 0 Å². The summed E-state index contributed by atoms with van der Waals surface area (Å²) in [7, 11) is -0.773. The Bertz CT molecular complexity index is 958. The Morgan fingerprint density at radius 2 is 1.73 bits per heavy atom. The number of hydrogen-bond acceptors (Lipinski definition) is 6. The maximum absolute atomic E-state index is 12.9. The van der Waals surface area contributed by atoms with Crippen LogP contribution in [0.3, 0.4) is 0 Å². The van der Waals surface area contributed by atoms with Crippen molar-refractivity contribution in [3.8, 4) is 11.5 Å². The summed E-state index contributed by atoms with van der Waals surface area (Å²) in [4.78, 5) is 10.2. The zero-order chi connectivity index (χ0) is 18.9. The molecule has 0 aromatic heterocycles. The van der Waals surface area contributed by atoms with Gasteiger partial charge in [0.1, 0.15) is 0 Å². The molecule has 9 heteroatoms. The molecular formula is C17H18N2O6S. The molecule has 0 amide bonds. The zero-order valence-corrected chi connectivity index (χ0v) is 15.2. The van der Waals surface area contributed by atoms with Crippen LogP contribution >= 0.6 is 0 Å². The van der Waals surface area contributed by atoms with Gasteiger partial charge in [-0.15, -0.1) is 0 Å². The highest BCUT2D eigenvalue weighted by Gasteiger charge is 2.30. The van der Waals surface area contributed by atoms with Crippen molar-refractivity contribution in [1.29, 1.82) is 0 Å². The van der Waals surface area contributed by atoms with Gasteiger partial charge in [-0.2, -0.15) is 4.31 Å². The van der Waals surface area contributed by atoms with E-state index in [9.17, 15) is 18.5 Å². The van der Waals surface area contributed by atoms with E-state index in [1.807, 2.05) is 6.07 Å². The van der Waals surface area contributed by atoms with Crippen LogP contribution < -0.4 is 9.47 Å². The molecule has 0 atom stereocenters. The average molecular weight is 378 g/mol. The highest BCUT2D eigenvalue weighted by Crippen LogP contribution is 2.34. The Morgan fingerprint density at radius 3 is 2.35 bits per heavy atom. The number of methoxy groups -OCH3 is 2. The normalized spacial score (nSPS) is 14.5. The molecule has 8 nitrogen and oxygen atoms in total. The highest BCUT2D eigenvalue weighted by molar-refractivity contribution is 7.89. The third-order valence-electron chi connectivity index (χ3n) is 4.35. The van der Waals surface area contributed by atoms with Gasteiger partial charge >= 0.3 is 0 Å². The second-order valence-electron chi connectivity index (χ2n) is 5.82. The number of non-ortho nitro benzene ring substituents is 1. The molecule has 0 fully saturated rings. The van der Waals surface area contributed by atoms with E-state index >= 15 is 0 Å². The zero-order valence-electron chi connectivity index (χ0n) is 14.3. The monoisotopic (exact) mass is 378 g/mol. The van der Waals surface area contributed by atoms with Gasteiger partial charge in [-0.05, 0) is 35.7 Å². The molecule has 0 spiro atoms. The minimum Gasteiger partial charge on any atom is -0.493 e. The number of hydrogen-bond donors (Lipinski definition) is 0. The van der Waals surface area contributed by atoms with Gasteiger partial charge in [-0.1, -0.05) is 6.07 Å². The summed E-state index contributed by atoms with van der Waals surface area (Å²) in [6.07, 6.45) is 0.518. The van der Waals surface area contributed by atoms with Crippen LogP contribution in [-0.4, -0.2) is 38.4 Å². The van der Waals surface area contributed by atoms with Crippen LogP contribution in [0.15, 0.2) is 41.3 Å². The number of nitrogens with zero attached hydrogens (tertiary/aromatic N) is 2. The molecule has 0 N–H and O–H groups in total. The Balaban J connectivity index is 1.94. The first-order valence-corrected chi connectivity index (χ1v) is 9.29. The lowest BCUT2D eigenvalue weighted by Crippen LogP contribution is -2.36. The van der Waals surface area contributed by atoms with Gasteiger partial charge in [0.25, 0.3) is 5.69 Å². The second kappa shape index (κ2) is 6.93. The molecule has 0 saturated carbocycles. The van der Waals surface area contributed by atoms with E-state index in [2.05, 4.69) is 0 Å². The molecule has 1 aliphatic rings. The summed E-state index contributed by atoms with van der Waals surface area (Å²) in [6.45, 7) is 0.453. The average Bonchev–Trinajstić information content (AvgIpc) is 2.66. The van der Waals surface area contributed by atoms with E-state index in [0.717, 1.165) is 17.2 Å². The van der Waals surface area contributed by atoms with Crippen LogP contribution in [0.4, 0.5) is 5.69 Å². The highest BCUT2D eigenvalue weighted by atomic mass is 32.2. The minimum absolute atomic E-state index is 0.0874. The van der Waals surface area contributed by atoms with Gasteiger partial charge in [0.05, 0.1) is 24.0 Å². The predicted octanol–water partition coefficient (Wildman–Crippen LogP) is 2.36. The van der Waals surface area contributed by atoms with E-state index in [0.29, 0.717) is 17.9 Å².